The van der Waals surface area contributed by atoms with Crippen molar-refractivity contribution in [1.82, 2.24) is 10.6 Å². The predicted octanol–water partition coefficient (Wildman–Crippen LogP) is 2.73. The number of hydrogen-bond donors (Lipinski definition) is 2. The first-order chi connectivity index (χ1) is 9.18. The van der Waals surface area contributed by atoms with E-state index in [1.54, 1.807) is 6.92 Å². The van der Waals surface area contributed by atoms with E-state index in [-0.39, 0.29) is 23.1 Å². The van der Waals surface area contributed by atoms with Crippen molar-refractivity contribution in [2.24, 2.45) is 17.3 Å². The molecular weight excluding hydrogens is 252 g/mol. The van der Waals surface area contributed by atoms with Crippen LogP contribution < -0.4 is 10.6 Å². The highest BCUT2D eigenvalue weighted by molar-refractivity contribution is 5.78. The summed E-state index contributed by atoms with van der Waals surface area (Å²) >= 11 is 0. The van der Waals surface area contributed by atoms with E-state index >= 15 is 0 Å². The first-order valence-electron chi connectivity index (χ1n) is 7.70. The normalized spacial score (nSPS) is 14.5. The van der Waals surface area contributed by atoms with Crippen LogP contribution in [0.25, 0.3) is 0 Å². The summed E-state index contributed by atoms with van der Waals surface area (Å²) in [5.74, 6) is 0.704. The Morgan fingerprint density at radius 1 is 1.15 bits per heavy atom. The van der Waals surface area contributed by atoms with Crippen molar-refractivity contribution >= 4 is 11.8 Å². The maximum atomic E-state index is 11.7. The van der Waals surface area contributed by atoms with Crippen LogP contribution in [0.1, 0.15) is 60.8 Å². The summed E-state index contributed by atoms with van der Waals surface area (Å²) in [5, 5.41) is 5.86. The lowest BCUT2D eigenvalue weighted by atomic mass is 9.80. The van der Waals surface area contributed by atoms with E-state index in [0.717, 1.165) is 25.8 Å². The smallest absolute Gasteiger partial charge is 0.222 e. The van der Waals surface area contributed by atoms with E-state index in [2.05, 4.69) is 31.4 Å². The number of carbonyl (C=O) groups excluding carboxylic acids is 2. The third-order valence-electron chi connectivity index (χ3n) is 3.76. The van der Waals surface area contributed by atoms with Gasteiger partial charge in [0.05, 0.1) is 0 Å². The topological polar surface area (TPSA) is 58.2 Å². The minimum absolute atomic E-state index is 0.0228. The van der Waals surface area contributed by atoms with Gasteiger partial charge in [0, 0.05) is 25.9 Å². The second kappa shape index (κ2) is 8.98. The van der Waals surface area contributed by atoms with Crippen LogP contribution in [0.2, 0.25) is 0 Å². The highest BCUT2D eigenvalue weighted by Gasteiger charge is 2.21. The van der Waals surface area contributed by atoms with Gasteiger partial charge >= 0.3 is 0 Å². The molecule has 0 aromatic heterocycles. The molecule has 0 rings (SSSR count). The Kier molecular flexibility index (Phi) is 8.51. The number of nitrogens with one attached hydrogen (secondary N) is 2. The minimum Gasteiger partial charge on any atom is -0.356 e. The summed E-state index contributed by atoms with van der Waals surface area (Å²) in [7, 11) is 0. The Morgan fingerprint density at radius 2 is 1.75 bits per heavy atom. The van der Waals surface area contributed by atoms with Gasteiger partial charge in [0.1, 0.15) is 0 Å². The summed E-state index contributed by atoms with van der Waals surface area (Å²) in [6.45, 7) is 13.6. The molecule has 0 spiro atoms. The molecule has 2 unspecified atom stereocenters. The van der Waals surface area contributed by atoms with Gasteiger partial charge in [-0.15, -0.1) is 0 Å². The second-order valence-corrected chi connectivity index (χ2v) is 6.76. The molecule has 0 saturated heterocycles. The summed E-state index contributed by atoms with van der Waals surface area (Å²) in [6.07, 6.45) is 2.87. The molecule has 2 atom stereocenters. The summed E-state index contributed by atoms with van der Waals surface area (Å²) in [4.78, 5) is 22.6. The van der Waals surface area contributed by atoms with Crippen molar-refractivity contribution in [3.63, 3.8) is 0 Å². The molecule has 4 heteroatoms. The number of hydrogen-bond acceptors (Lipinski definition) is 2. The third kappa shape index (κ3) is 8.94. The van der Waals surface area contributed by atoms with Crippen molar-refractivity contribution in [3.05, 3.63) is 0 Å². The average Bonchev–Trinajstić information content (AvgIpc) is 2.33. The van der Waals surface area contributed by atoms with Crippen molar-refractivity contribution in [2.45, 2.75) is 60.8 Å². The lowest BCUT2D eigenvalue weighted by molar-refractivity contribution is -0.124. The van der Waals surface area contributed by atoms with Crippen LogP contribution in [-0.4, -0.2) is 24.9 Å². The second-order valence-electron chi connectivity index (χ2n) is 6.76. The van der Waals surface area contributed by atoms with E-state index in [1.165, 1.54) is 0 Å². The van der Waals surface area contributed by atoms with Crippen molar-refractivity contribution < 1.29 is 9.59 Å². The molecule has 118 valence electrons. The molecule has 0 aromatic rings. The molecule has 20 heavy (non-hydrogen) atoms. The zero-order chi connectivity index (χ0) is 15.8. The number of amides is 2. The number of carbonyl (C=O) groups is 2. The molecule has 0 bridgehead atoms. The third-order valence-corrected chi connectivity index (χ3v) is 3.76. The molecule has 2 N–H and O–H groups in total. The van der Waals surface area contributed by atoms with Crippen LogP contribution >= 0.6 is 0 Å². The van der Waals surface area contributed by atoms with Gasteiger partial charge in [-0.2, -0.15) is 0 Å². The average molecular weight is 284 g/mol. The fraction of sp³-hybridized carbons (Fsp3) is 0.875. The molecule has 0 aliphatic heterocycles. The van der Waals surface area contributed by atoms with E-state index in [1.807, 2.05) is 13.8 Å². The molecule has 0 aliphatic carbocycles. The summed E-state index contributed by atoms with van der Waals surface area (Å²) in [6, 6.07) is 0. The minimum atomic E-state index is 0.0228. The Morgan fingerprint density at radius 3 is 2.25 bits per heavy atom. The largest absolute Gasteiger partial charge is 0.356 e. The van der Waals surface area contributed by atoms with Crippen LogP contribution in [-0.2, 0) is 9.59 Å². The van der Waals surface area contributed by atoms with Gasteiger partial charge in [0.15, 0.2) is 0 Å². The summed E-state index contributed by atoms with van der Waals surface area (Å²) in [5.41, 5.74) is 0.170. The van der Waals surface area contributed by atoms with Crippen LogP contribution in [0, 0.1) is 17.3 Å². The van der Waals surface area contributed by atoms with E-state index in [4.69, 9.17) is 0 Å². The fourth-order valence-electron chi connectivity index (χ4n) is 2.33. The Labute approximate surface area is 124 Å². The van der Waals surface area contributed by atoms with Gasteiger partial charge in [-0.1, -0.05) is 34.6 Å². The fourth-order valence-corrected chi connectivity index (χ4v) is 2.33. The molecule has 0 aromatic carbocycles. The van der Waals surface area contributed by atoms with E-state index < -0.39 is 0 Å². The zero-order valence-electron chi connectivity index (χ0n) is 14.0. The van der Waals surface area contributed by atoms with Gasteiger partial charge in [-0.3, -0.25) is 9.59 Å². The van der Waals surface area contributed by atoms with Crippen molar-refractivity contribution in [3.8, 4) is 0 Å². The monoisotopic (exact) mass is 284 g/mol. The Hall–Kier alpha value is -1.06. The van der Waals surface area contributed by atoms with Crippen LogP contribution in [0.3, 0.4) is 0 Å². The predicted molar refractivity (Wildman–Crippen MR) is 83.3 cm³/mol. The highest BCUT2D eigenvalue weighted by Crippen LogP contribution is 2.28. The molecule has 0 aliphatic rings. The standard InChI is InChI=1S/C16H32N2O2/c1-7-13(3)15(20)18-11-12(2)10-16(5,6)8-9-17-14(4)19/h12-13H,7-11H2,1-6H3,(H,17,19)(H,18,20). The van der Waals surface area contributed by atoms with Crippen molar-refractivity contribution in [2.75, 3.05) is 13.1 Å². The maximum Gasteiger partial charge on any atom is 0.222 e. The molecular formula is C16H32N2O2. The first kappa shape index (κ1) is 18.9. The zero-order valence-corrected chi connectivity index (χ0v) is 14.0. The lowest BCUT2D eigenvalue weighted by Crippen LogP contribution is -2.34. The van der Waals surface area contributed by atoms with Crippen molar-refractivity contribution in [1.29, 1.82) is 0 Å². The van der Waals surface area contributed by atoms with Crippen LogP contribution in [0.15, 0.2) is 0 Å². The van der Waals surface area contributed by atoms with E-state index in [0.29, 0.717) is 12.5 Å². The van der Waals surface area contributed by atoms with Gasteiger partial charge in [0.25, 0.3) is 0 Å². The first-order valence-corrected chi connectivity index (χ1v) is 7.70. The van der Waals surface area contributed by atoms with E-state index in [9.17, 15) is 9.59 Å². The lowest BCUT2D eigenvalue weighted by Gasteiger charge is -2.28. The van der Waals surface area contributed by atoms with Crippen LogP contribution in [0.4, 0.5) is 0 Å². The Balaban J connectivity index is 4.01. The van der Waals surface area contributed by atoms with Crippen LogP contribution in [0.5, 0.6) is 0 Å². The maximum absolute atomic E-state index is 11.7. The van der Waals surface area contributed by atoms with Gasteiger partial charge in [-0.05, 0) is 30.6 Å². The molecule has 0 saturated carbocycles. The molecule has 2 amide bonds. The highest BCUT2D eigenvalue weighted by atomic mass is 16.2. The summed E-state index contributed by atoms with van der Waals surface area (Å²) < 4.78 is 0. The Bertz CT molecular complexity index is 314. The molecule has 0 fully saturated rings. The quantitative estimate of drug-likeness (QED) is 0.684. The van der Waals surface area contributed by atoms with Gasteiger partial charge in [-0.25, -0.2) is 0 Å². The van der Waals surface area contributed by atoms with Gasteiger partial charge < -0.3 is 10.6 Å². The SMILES string of the molecule is CCC(C)C(=O)NCC(C)CC(C)(C)CCNC(C)=O. The van der Waals surface area contributed by atoms with Gasteiger partial charge in [0.2, 0.25) is 11.8 Å². The molecule has 4 nitrogen and oxygen atoms in total. The number of rotatable bonds is 9. The molecule has 0 heterocycles. The molecule has 0 radical (unpaired) electrons.